The van der Waals surface area contributed by atoms with Crippen molar-refractivity contribution < 1.29 is 0 Å². The number of thiazole rings is 1. The summed E-state index contributed by atoms with van der Waals surface area (Å²) in [4.78, 5) is 11.2. The van der Waals surface area contributed by atoms with Crippen molar-refractivity contribution in [1.29, 1.82) is 0 Å². The molecule has 120 valence electrons. The number of rotatable bonds is 6. The Labute approximate surface area is 133 Å². The third-order valence-corrected chi connectivity index (χ3v) is 5.41. The van der Waals surface area contributed by atoms with Gasteiger partial charge in [0.2, 0.25) is 0 Å². The lowest BCUT2D eigenvalue weighted by molar-refractivity contribution is 0.248. The Balaban J connectivity index is 2.14. The molecule has 0 amide bonds. The van der Waals surface area contributed by atoms with Crippen LogP contribution in [0.5, 0.6) is 0 Å². The highest BCUT2D eigenvalue weighted by Gasteiger charge is 2.24. The fourth-order valence-electron chi connectivity index (χ4n) is 2.93. The molecule has 1 fully saturated rings. The average Bonchev–Trinajstić information content (AvgIpc) is 2.88. The third kappa shape index (κ3) is 4.18. The van der Waals surface area contributed by atoms with Crippen LogP contribution in [0.25, 0.3) is 0 Å². The molecule has 2 heterocycles. The second kappa shape index (κ2) is 7.56. The van der Waals surface area contributed by atoms with E-state index in [0.29, 0.717) is 12.0 Å². The first-order valence-corrected chi connectivity index (χ1v) is 8.96. The van der Waals surface area contributed by atoms with Crippen molar-refractivity contribution in [2.24, 2.45) is 0 Å². The molecule has 4 nitrogen and oxygen atoms in total. The lowest BCUT2D eigenvalue weighted by Gasteiger charge is -2.35. The van der Waals surface area contributed by atoms with E-state index in [4.69, 9.17) is 4.98 Å². The van der Waals surface area contributed by atoms with Crippen molar-refractivity contribution in [1.82, 2.24) is 15.2 Å². The van der Waals surface area contributed by atoms with Crippen LogP contribution in [0.3, 0.4) is 0 Å². The number of piperidine rings is 1. The van der Waals surface area contributed by atoms with Gasteiger partial charge in [-0.1, -0.05) is 20.8 Å². The fraction of sp³-hybridized carbons (Fsp3) is 0.812. The molecule has 1 aromatic heterocycles. The van der Waals surface area contributed by atoms with Gasteiger partial charge in [-0.25, -0.2) is 4.98 Å². The van der Waals surface area contributed by atoms with Crippen LogP contribution in [-0.2, 0) is 6.54 Å². The highest BCUT2D eigenvalue weighted by molar-refractivity contribution is 7.15. The van der Waals surface area contributed by atoms with E-state index < -0.39 is 0 Å². The monoisotopic (exact) mass is 310 g/mol. The number of likely N-dealkylation sites (tertiary alicyclic amines) is 1. The number of hydrogen-bond donors (Lipinski definition) is 1. The molecule has 0 aromatic carbocycles. The molecular formula is C16H30N4S. The summed E-state index contributed by atoms with van der Waals surface area (Å²) in [5, 5.41) is 4.63. The number of anilines is 1. The molecular weight excluding hydrogens is 280 g/mol. The van der Waals surface area contributed by atoms with Crippen LogP contribution in [0.15, 0.2) is 0 Å². The van der Waals surface area contributed by atoms with Gasteiger partial charge >= 0.3 is 0 Å². The molecule has 1 N–H and O–H groups in total. The van der Waals surface area contributed by atoms with E-state index in [1.807, 2.05) is 11.3 Å². The highest BCUT2D eigenvalue weighted by Crippen LogP contribution is 2.32. The number of nitrogens with one attached hydrogen (secondary N) is 1. The summed E-state index contributed by atoms with van der Waals surface area (Å²) in [5.41, 5.74) is 1.27. The minimum absolute atomic E-state index is 0.492. The zero-order valence-corrected chi connectivity index (χ0v) is 15.0. The number of likely N-dealkylation sites (N-methyl/N-ethyl adjacent to an activating group) is 2. The Hall–Kier alpha value is -0.650. The predicted molar refractivity (Wildman–Crippen MR) is 92.5 cm³/mol. The van der Waals surface area contributed by atoms with Gasteiger partial charge in [0.05, 0.1) is 5.69 Å². The highest BCUT2D eigenvalue weighted by atomic mass is 32.1. The van der Waals surface area contributed by atoms with Crippen molar-refractivity contribution in [3.05, 3.63) is 10.6 Å². The lowest BCUT2D eigenvalue weighted by Crippen LogP contribution is -2.45. The Morgan fingerprint density at radius 3 is 2.86 bits per heavy atom. The Morgan fingerprint density at radius 2 is 2.24 bits per heavy atom. The van der Waals surface area contributed by atoms with E-state index in [-0.39, 0.29) is 0 Å². The Morgan fingerprint density at radius 1 is 1.48 bits per heavy atom. The van der Waals surface area contributed by atoms with Crippen LogP contribution < -0.4 is 10.2 Å². The summed E-state index contributed by atoms with van der Waals surface area (Å²) in [6.07, 6.45) is 2.57. The van der Waals surface area contributed by atoms with Crippen LogP contribution in [0.2, 0.25) is 0 Å². The lowest BCUT2D eigenvalue weighted by atomic mass is 10.1. The van der Waals surface area contributed by atoms with E-state index in [9.17, 15) is 0 Å². The van der Waals surface area contributed by atoms with Gasteiger partial charge in [-0.3, -0.25) is 0 Å². The van der Waals surface area contributed by atoms with Gasteiger partial charge in [0, 0.05) is 31.1 Å². The molecule has 1 aromatic rings. The SMILES string of the molecule is CCNCc1sc(N(C)C2CCCN(C)C2)nc1C(C)C. The van der Waals surface area contributed by atoms with E-state index in [1.165, 1.54) is 35.1 Å². The van der Waals surface area contributed by atoms with Crippen molar-refractivity contribution in [2.75, 3.05) is 38.6 Å². The Kier molecular flexibility index (Phi) is 6.02. The molecule has 1 saturated heterocycles. The normalized spacial score (nSPS) is 20.2. The summed E-state index contributed by atoms with van der Waals surface area (Å²) in [6.45, 7) is 11.0. The maximum absolute atomic E-state index is 4.95. The summed E-state index contributed by atoms with van der Waals surface area (Å²) in [5.74, 6) is 0.492. The Bertz CT molecular complexity index is 443. The van der Waals surface area contributed by atoms with Gasteiger partial charge in [-0.2, -0.15) is 0 Å². The molecule has 1 atom stereocenters. The minimum atomic E-state index is 0.492. The molecule has 21 heavy (non-hydrogen) atoms. The predicted octanol–water partition coefficient (Wildman–Crippen LogP) is 2.91. The molecule has 5 heteroatoms. The summed E-state index contributed by atoms with van der Waals surface area (Å²) in [6, 6.07) is 0.599. The molecule has 0 aliphatic carbocycles. The second-order valence-electron chi connectivity index (χ2n) is 6.41. The van der Waals surface area contributed by atoms with Crippen LogP contribution in [0.1, 0.15) is 50.1 Å². The molecule has 0 bridgehead atoms. The standard InChI is InChI=1S/C16H30N4S/c1-6-17-10-14-15(12(2)3)18-16(21-14)20(5)13-8-7-9-19(4)11-13/h12-13,17H,6-11H2,1-5H3. The van der Waals surface area contributed by atoms with Gasteiger partial charge in [-0.05, 0) is 38.9 Å². The summed E-state index contributed by atoms with van der Waals surface area (Å²) in [7, 11) is 4.43. The van der Waals surface area contributed by atoms with E-state index in [1.54, 1.807) is 0 Å². The summed E-state index contributed by atoms with van der Waals surface area (Å²) < 4.78 is 0. The van der Waals surface area contributed by atoms with E-state index in [2.05, 4.69) is 50.0 Å². The first-order chi connectivity index (χ1) is 10.0. The number of aromatic nitrogens is 1. The minimum Gasteiger partial charge on any atom is -0.347 e. The van der Waals surface area contributed by atoms with Crippen LogP contribution in [0.4, 0.5) is 5.13 Å². The third-order valence-electron chi connectivity index (χ3n) is 4.25. The van der Waals surface area contributed by atoms with Gasteiger partial charge in [0.25, 0.3) is 0 Å². The van der Waals surface area contributed by atoms with Gasteiger partial charge in [-0.15, -0.1) is 11.3 Å². The molecule has 0 radical (unpaired) electrons. The zero-order valence-electron chi connectivity index (χ0n) is 14.1. The van der Waals surface area contributed by atoms with E-state index >= 15 is 0 Å². The molecule has 1 unspecified atom stereocenters. The molecule has 0 spiro atoms. The maximum Gasteiger partial charge on any atom is 0.185 e. The number of nitrogens with zero attached hydrogens (tertiary/aromatic N) is 3. The average molecular weight is 311 g/mol. The first-order valence-electron chi connectivity index (χ1n) is 8.14. The zero-order chi connectivity index (χ0) is 15.4. The van der Waals surface area contributed by atoms with Gasteiger partial charge in [0.1, 0.15) is 0 Å². The number of hydrogen-bond acceptors (Lipinski definition) is 5. The van der Waals surface area contributed by atoms with Crippen molar-refractivity contribution >= 4 is 16.5 Å². The topological polar surface area (TPSA) is 31.4 Å². The quantitative estimate of drug-likeness (QED) is 0.875. The largest absolute Gasteiger partial charge is 0.347 e. The van der Waals surface area contributed by atoms with Crippen molar-refractivity contribution in [3.8, 4) is 0 Å². The maximum atomic E-state index is 4.95. The van der Waals surface area contributed by atoms with Crippen molar-refractivity contribution in [3.63, 3.8) is 0 Å². The molecule has 1 aliphatic rings. The van der Waals surface area contributed by atoms with Gasteiger partial charge in [0.15, 0.2) is 5.13 Å². The first kappa shape index (κ1) is 16.7. The molecule has 0 saturated carbocycles. The van der Waals surface area contributed by atoms with Crippen molar-refractivity contribution in [2.45, 2.75) is 52.1 Å². The summed E-state index contributed by atoms with van der Waals surface area (Å²) >= 11 is 1.86. The van der Waals surface area contributed by atoms with Gasteiger partial charge < -0.3 is 15.1 Å². The van der Waals surface area contributed by atoms with E-state index in [0.717, 1.165) is 19.6 Å². The van der Waals surface area contributed by atoms with Crippen LogP contribution in [0, 0.1) is 0 Å². The second-order valence-corrected chi connectivity index (χ2v) is 7.47. The molecule has 2 rings (SSSR count). The fourth-order valence-corrected chi connectivity index (χ4v) is 4.15. The van der Waals surface area contributed by atoms with Crippen LogP contribution >= 0.6 is 11.3 Å². The smallest absolute Gasteiger partial charge is 0.185 e. The molecule has 1 aliphatic heterocycles. The van der Waals surface area contributed by atoms with Crippen LogP contribution in [-0.4, -0.2) is 49.7 Å².